The average Bonchev–Trinajstić information content (AvgIpc) is 2.09. The van der Waals surface area contributed by atoms with Gasteiger partial charge in [-0.3, -0.25) is 0 Å². The van der Waals surface area contributed by atoms with Crippen molar-refractivity contribution in [1.82, 2.24) is 0 Å². The molecule has 86 valence electrons. The van der Waals surface area contributed by atoms with Crippen molar-refractivity contribution in [3.63, 3.8) is 0 Å². The van der Waals surface area contributed by atoms with Crippen molar-refractivity contribution in [3.05, 3.63) is 23.5 Å². The summed E-state index contributed by atoms with van der Waals surface area (Å²) in [6, 6.07) is -0.174. The third-order valence-electron chi connectivity index (χ3n) is 1.76. The standard InChI is InChI=1S/C8H9F3N2O.ClH/c9-3-1-4(6(13)8(10)11)7(14)5(12)2-3;/h1-2,6,8,14H,12-13H2;1H/t6-;/m1./s1. The van der Waals surface area contributed by atoms with Gasteiger partial charge in [0, 0.05) is 11.6 Å². The first-order valence-electron chi connectivity index (χ1n) is 3.75. The van der Waals surface area contributed by atoms with Crippen LogP contribution in [0, 0.1) is 5.82 Å². The molecule has 1 atom stereocenters. The minimum atomic E-state index is -2.89. The number of alkyl halides is 2. The Labute approximate surface area is 90.3 Å². The topological polar surface area (TPSA) is 72.3 Å². The van der Waals surface area contributed by atoms with Gasteiger partial charge in [-0.1, -0.05) is 0 Å². The van der Waals surface area contributed by atoms with Gasteiger partial charge < -0.3 is 16.6 Å². The van der Waals surface area contributed by atoms with E-state index in [9.17, 15) is 18.3 Å². The first kappa shape index (κ1) is 13.9. The van der Waals surface area contributed by atoms with Crippen LogP contribution in [0.2, 0.25) is 0 Å². The first-order valence-corrected chi connectivity index (χ1v) is 3.75. The van der Waals surface area contributed by atoms with Crippen LogP contribution in [0.1, 0.15) is 11.6 Å². The van der Waals surface area contributed by atoms with Crippen LogP contribution in [-0.4, -0.2) is 11.5 Å². The third kappa shape index (κ3) is 2.90. The fourth-order valence-electron chi connectivity index (χ4n) is 1.03. The van der Waals surface area contributed by atoms with Crippen LogP contribution < -0.4 is 11.5 Å². The van der Waals surface area contributed by atoms with Crippen LogP contribution in [0.3, 0.4) is 0 Å². The van der Waals surface area contributed by atoms with Crippen molar-refractivity contribution in [2.45, 2.75) is 12.5 Å². The van der Waals surface area contributed by atoms with Gasteiger partial charge in [0.25, 0.3) is 6.43 Å². The molecule has 0 radical (unpaired) electrons. The van der Waals surface area contributed by atoms with Crippen LogP contribution in [0.4, 0.5) is 18.9 Å². The molecule has 0 unspecified atom stereocenters. The molecular formula is C8H10ClF3N2O. The van der Waals surface area contributed by atoms with Crippen molar-refractivity contribution in [2.75, 3.05) is 5.73 Å². The zero-order valence-corrected chi connectivity index (χ0v) is 8.27. The molecule has 1 rings (SSSR count). The van der Waals surface area contributed by atoms with Gasteiger partial charge in [0.2, 0.25) is 0 Å². The number of nitrogen functional groups attached to an aromatic ring is 1. The Bertz CT molecular complexity index is 349. The molecule has 5 N–H and O–H groups in total. The largest absolute Gasteiger partial charge is 0.505 e. The third-order valence-corrected chi connectivity index (χ3v) is 1.76. The number of benzene rings is 1. The fraction of sp³-hybridized carbons (Fsp3) is 0.250. The Morgan fingerprint density at radius 2 is 1.80 bits per heavy atom. The quantitative estimate of drug-likeness (QED) is 0.547. The smallest absolute Gasteiger partial charge is 0.257 e. The van der Waals surface area contributed by atoms with E-state index in [1.165, 1.54) is 0 Å². The Morgan fingerprint density at radius 1 is 1.27 bits per heavy atom. The number of anilines is 1. The summed E-state index contributed by atoms with van der Waals surface area (Å²) in [7, 11) is 0. The molecule has 3 nitrogen and oxygen atoms in total. The molecule has 0 bridgehead atoms. The van der Waals surface area contributed by atoms with Gasteiger partial charge in [0.15, 0.2) is 0 Å². The van der Waals surface area contributed by atoms with E-state index in [1.807, 2.05) is 0 Å². The van der Waals surface area contributed by atoms with Crippen molar-refractivity contribution < 1.29 is 18.3 Å². The summed E-state index contributed by atoms with van der Waals surface area (Å²) in [5, 5.41) is 9.24. The lowest BCUT2D eigenvalue weighted by molar-refractivity contribution is 0.115. The summed E-state index contributed by atoms with van der Waals surface area (Å²) in [6.45, 7) is 0. The van der Waals surface area contributed by atoms with Gasteiger partial charge in [-0.25, -0.2) is 13.2 Å². The van der Waals surface area contributed by atoms with Crippen molar-refractivity contribution in [2.24, 2.45) is 5.73 Å². The van der Waals surface area contributed by atoms with E-state index < -0.39 is 29.6 Å². The number of rotatable bonds is 2. The lowest BCUT2D eigenvalue weighted by atomic mass is 10.1. The lowest BCUT2D eigenvalue weighted by Crippen LogP contribution is -2.19. The summed E-state index contributed by atoms with van der Waals surface area (Å²) in [5.41, 5.74) is 9.51. The number of hydrogen-bond acceptors (Lipinski definition) is 3. The van der Waals surface area contributed by atoms with E-state index in [-0.39, 0.29) is 18.1 Å². The summed E-state index contributed by atoms with van der Waals surface area (Å²) in [6.07, 6.45) is -2.89. The van der Waals surface area contributed by atoms with Crippen LogP contribution in [0.5, 0.6) is 5.75 Å². The molecule has 1 aromatic rings. The molecule has 7 heteroatoms. The normalized spacial score (nSPS) is 12.3. The number of phenols is 1. The van der Waals surface area contributed by atoms with Crippen LogP contribution in [0.25, 0.3) is 0 Å². The molecular weight excluding hydrogens is 233 g/mol. The summed E-state index contributed by atoms with van der Waals surface area (Å²) < 4.78 is 37.1. The van der Waals surface area contributed by atoms with Crippen molar-refractivity contribution >= 4 is 18.1 Å². The Kier molecular flexibility index (Phi) is 4.70. The summed E-state index contributed by atoms with van der Waals surface area (Å²) >= 11 is 0. The predicted molar refractivity (Wildman–Crippen MR) is 52.7 cm³/mol. The number of halogens is 4. The molecule has 1 aromatic carbocycles. The summed E-state index contributed by atoms with van der Waals surface area (Å²) in [5.74, 6) is -1.41. The van der Waals surface area contributed by atoms with Gasteiger partial charge in [-0.2, -0.15) is 0 Å². The molecule has 0 aliphatic carbocycles. The summed E-state index contributed by atoms with van der Waals surface area (Å²) in [4.78, 5) is 0. The van der Waals surface area contributed by atoms with Crippen molar-refractivity contribution in [3.8, 4) is 5.75 Å². The molecule has 0 aliphatic rings. The molecule has 0 aromatic heterocycles. The van der Waals surface area contributed by atoms with E-state index in [1.54, 1.807) is 0 Å². The highest BCUT2D eigenvalue weighted by Gasteiger charge is 2.22. The van der Waals surface area contributed by atoms with E-state index >= 15 is 0 Å². The second-order valence-electron chi connectivity index (χ2n) is 2.79. The number of nitrogens with two attached hydrogens (primary N) is 2. The molecule has 15 heavy (non-hydrogen) atoms. The monoisotopic (exact) mass is 242 g/mol. The van der Waals surface area contributed by atoms with Crippen molar-refractivity contribution in [1.29, 1.82) is 0 Å². The number of aromatic hydroxyl groups is 1. The van der Waals surface area contributed by atoms with E-state index in [4.69, 9.17) is 11.5 Å². The molecule has 0 amide bonds. The molecule has 0 fully saturated rings. The SMILES string of the molecule is Cl.Nc1cc(F)cc([C@@H](N)C(F)F)c1O. The second-order valence-corrected chi connectivity index (χ2v) is 2.79. The maximum Gasteiger partial charge on any atom is 0.257 e. The highest BCUT2D eigenvalue weighted by Crippen LogP contribution is 2.32. The van der Waals surface area contributed by atoms with Gasteiger partial charge >= 0.3 is 0 Å². The lowest BCUT2D eigenvalue weighted by Gasteiger charge is -2.13. The zero-order valence-electron chi connectivity index (χ0n) is 7.45. The predicted octanol–water partition coefficient (Wildman–Crippen LogP) is 1.80. The Balaban J connectivity index is 0.00000196. The maximum atomic E-state index is 12.7. The minimum absolute atomic E-state index is 0. The number of phenolic OH excluding ortho intramolecular Hbond substituents is 1. The van der Waals surface area contributed by atoms with E-state index in [0.29, 0.717) is 0 Å². The van der Waals surface area contributed by atoms with E-state index in [2.05, 4.69) is 0 Å². The van der Waals surface area contributed by atoms with Crippen LogP contribution in [-0.2, 0) is 0 Å². The molecule has 0 saturated carbocycles. The first-order chi connectivity index (χ1) is 6.43. The molecule has 0 spiro atoms. The van der Waals surface area contributed by atoms with Gasteiger partial charge in [-0.05, 0) is 6.07 Å². The maximum absolute atomic E-state index is 12.7. The minimum Gasteiger partial charge on any atom is -0.505 e. The second kappa shape index (κ2) is 5.09. The fourth-order valence-corrected chi connectivity index (χ4v) is 1.03. The highest BCUT2D eigenvalue weighted by molar-refractivity contribution is 5.85. The van der Waals surface area contributed by atoms with Crippen LogP contribution >= 0.6 is 12.4 Å². The van der Waals surface area contributed by atoms with E-state index in [0.717, 1.165) is 12.1 Å². The molecule has 0 saturated heterocycles. The van der Waals surface area contributed by atoms with Gasteiger partial charge in [0.05, 0.1) is 11.7 Å². The highest BCUT2D eigenvalue weighted by atomic mass is 35.5. The van der Waals surface area contributed by atoms with Gasteiger partial charge in [0.1, 0.15) is 11.6 Å². The average molecular weight is 243 g/mol. The molecule has 0 aliphatic heterocycles. The van der Waals surface area contributed by atoms with Crippen LogP contribution in [0.15, 0.2) is 12.1 Å². The van der Waals surface area contributed by atoms with Gasteiger partial charge in [-0.15, -0.1) is 12.4 Å². The Hall–Kier alpha value is -1.14. The zero-order chi connectivity index (χ0) is 10.9. The molecule has 0 heterocycles. The number of hydrogen-bond donors (Lipinski definition) is 3. The Morgan fingerprint density at radius 3 is 2.27 bits per heavy atom.